The molecule has 0 aliphatic heterocycles. The molecule has 0 N–H and O–H groups in total. The summed E-state index contributed by atoms with van der Waals surface area (Å²) in [6, 6.07) is 10.7. The summed E-state index contributed by atoms with van der Waals surface area (Å²) < 4.78 is 47.2. The molecule has 3 rings (SSSR count). The maximum Gasteiger partial charge on any atom is 0.337 e. The molecule has 0 radical (unpaired) electrons. The van der Waals surface area contributed by atoms with E-state index in [0.717, 1.165) is 4.31 Å². The number of esters is 1. The van der Waals surface area contributed by atoms with Crippen molar-refractivity contribution in [2.24, 2.45) is 0 Å². The van der Waals surface area contributed by atoms with Gasteiger partial charge in [0.15, 0.2) is 0 Å². The highest BCUT2D eigenvalue weighted by molar-refractivity contribution is 7.89. The van der Waals surface area contributed by atoms with Gasteiger partial charge in [0.1, 0.15) is 11.5 Å². The van der Waals surface area contributed by atoms with Crippen LogP contribution in [-0.2, 0) is 21.3 Å². The number of benzene rings is 2. The van der Waals surface area contributed by atoms with Crippen LogP contribution in [0.3, 0.4) is 0 Å². The summed E-state index contributed by atoms with van der Waals surface area (Å²) in [6.45, 7) is -0.170. The fraction of sp³-hybridized carbons (Fsp3) is 0.250. The van der Waals surface area contributed by atoms with Crippen molar-refractivity contribution < 1.29 is 31.9 Å². The Morgan fingerprint density at radius 3 is 2.55 bits per heavy atom. The average Bonchev–Trinajstić information content (AvgIpc) is 3.26. The van der Waals surface area contributed by atoms with Gasteiger partial charge in [-0.25, -0.2) is 13.2 Å². The van der Waals surface area contributed by atoms with E-state index in [0.29, 0.717) is 17.1 Å². The SMILES string of the molecule is COC(=O)c1cccc(S(=O)(=O)N(C)Cc2nc(-c3ccc(OC)cc3OC)no2)c1. The Morgan fingerprint density at radius 2 is 1.87 bits per heavy atom. The van der Waals surface area contributed by atoms with E-state index in [1.165, 1.54) is 52.6 Å². The average molecular weight is 447 g/mol. The first kappa shape index (κ1) is 22.2. The number of aromatic nitrogens is 2. The molecule has 0 fully saturated rings. The molecule has 0 aliphatic carbocycles. The second kappa shape index (κ2) is 9.14. The second-order valence-electron chi connectivity index (χ2n) is 6.36. The number of ether oxygens (including phenoxy) is 3. The van der Waals surface area contributed by atoms with Crippen molar-refractivity contribution >= 4 is 16.0 Å². The van der Waals surface area contributed by atoms with Crippen LogP contribution in [0.2, 0.25) is 0 Å². The summed E-state index contributed by atoms with van der Waals surface area (Å²) in [4.78, 5) is 15.9. The van der Waals surface area contributed by atoms with Crippen molar-refractivity contribution in [3.05, 3.63) is 53.9 Å². The lowest BCUT2D eigenvalue weighted by molar-refractivity contribution is 0.0600. The number of methoxy groups -OCH3 is 3. The van der Waals surface area contributed by atoms with Crippen LogP contribution in [0.5, 0.6) is 11.5 Å². The largest absolute Gasteiger partial charge is 0.497 e. The molecule has 1 heterocycles. The summed E-state index contributed by atoms with van der Waals surface area (Å²) in [6.07, 6.45) is 0. The molecular weight excluding hydrogens is 426 g/mol. The Bertz CT molecular complexity index is 1190. The molecule has 0 unspecified atom stereocenters. The lowest BCUT2D eigenvalue weighted by Crippen LogP contribution is -2.26. The number of sulfonamides is 1. The Kier molecular flexibility index (Phi) is 6.56. The van der Waals surface area contributed by atoms with Gasteiger partial charge in [-0.1, -0.05) is 11.2 Å². The van der Waals surface area contributed by atoms with Gasteiger partial charge in [0, 0.05) is 13.1 Å². The van der Waals surface area contributed by atoms with Crippen molar-refractivity contribution in [2.75, 3.05) is 28.4 Å². The normalized spacial score (nSPS) is 11.4. The minimum atomic E-state index is -3.92. The first-order chi connectivity index (χ1) is 14.8. The van der Waals surface area contributed by atoms with Gasteiger partial charge in [-0.3, -0.25) is 0 Å². The van der Waals surface area contributed by atoms with Crippen LogP contribution in [0.15, 0.2) is 51.9 Å². The molecular formula is C20H21N3O7S. The Hall–Kier alpha value is -3.44. The third kappa shape index (κ3) is 4.67. The van der Waals surface area contributed by atoms with Crippen molar-refractivity contribution in [3.8, 4) is 22.9 Å². The molecule has 0 saturated carbocycles. The zero-order valence-electron chi connectivity index (χ0n) is 17.4. The fourth-order valence-corrected chi connectivity index (χ4v) is 3.94. The quantitative estimate of drug-likeness (QED) is 0.479. The molecule has 1 aromatic heterocycles. The van der Waals surface area contributed by atoms with Gasteiger partial charge in [0.2, 0.25) is 21.7 Å². The molecule has 31 heavy (non-hydrogen) atoms. The van der Waals surface area contributed by atoms with Crippen molar-refractivity contribution in [3.63, 3.8) is 0 Å². The standard InChI is InChI=1S/C20H21N3O7S/c1-23(31(25,26)15-7-5-6-13(10-15)20(24)29-4)12-18-21-19(22-30-18)16-9-8-14(27-2)11-17(16)28-3/h5-11H,12H2,1-4H3. The molecule has 0 bridgehead atoms. The first-order valence-electron chi connectivity index (χ1n) is 9.00. The lowest BCUT2D eigenvalue weighted by Gasteiger charge is -2.15. The van der Waals surface area contributed by atoms with E-state index in [9.17, 15) is 13.2 Å². The summed E-state index contributed by atoms with van der Waals surface area (Å²) in [5.41, 5.74) is 0.693. The highest BCUT2D eigenvalue weighted by atomic mass is 32.2. The molecule has 0 amide bonds. The van der Waals surface area contributed by atoms with E-state index in [1.807, 2.05) is 0 Å². The molecule has 2 aromatic carbocycles. The second-order valence-corrected chi connectivity index (χ2v) is 8.40. The summed E-state index contributed by atoms with van der Waals surface area (Å²) in [5.74, 6) is 0.780. The van der Waals surface area contributed by atoms with Gasteiger partial charge in [0.05, 0.1) is 43.9 Å². The number of rotatable bonds is 8. The van der Waals surface area contributed by atoms with Crippen molar-refractivity contribution in [2.45, 2.75) is 11.4 Å². The van der Waals surface area contributed by atoms with Crippen LogP contribution in [-0.4, -0.2) is 57.2 Å². The van der Waals surface area contributed by atoms with Crippen LogP contribution in [0.1, 0.15) is 16.2 Å². The third-order valence-corrected chi connectivity index (χ3v) is 6.24. The van der Waals surface area contributed by atoms with E-state index in [2.05, 4.69) is 14.9 Å². The third-order valence-electron chi connectivity index (χ3n) is 4.44. The van der Waals surface area contributed by atoms with Gasteiger partial charge in [-0.05, 0) is 30.3 Å². The van der Waals surface area contributed by atoms with Crippen LogP contribution in [0.25, 0.3) is 11.4 Å². The fourth-order valence-electron chi connectivity index (χ4n) is 2.77. The van der Waals surface area contributed by atoms with Gasteiger partial charge < -0.3 is 18.7 Å². The Balaban J connectivity index is 1.83. The number of carbonyl (C=O) groups excluding carboxylic acids is 1. The van der Waals surface area contributed by atoms with Crippen molar-refractivity contribution in [1.82, 2.24) is 14.4 Å². The highest BCUT2D eigenvalue weighted by Crippen LogP contribution is 2.31. The maximum absolute atomic E-state index is 12.9. The van der Waals surface area contributed by atoms with E-state index in [1.54, 1.807) is 18.2 Å². The van der Waals surface area contributed by atoms with Gasteiger partial charge >= 0.3 is 5.97 Å². The zero-order chi connectivity index (χ0) is 22.6. The minimum absolute atomic E-state index is 0.0607. The minimum Gasteiger partial charge on any atom is -0.497 e. The van der Waals surface area contributed by atoms with Crippen LogP contribution in [0.4, 0.5) is 0 Å². The number of hydrogen-bond acceptors (Lipinski definition) is 9. The van der Waals surface area contributed by atoms with Crippen LogP contribution in [0, 0.1) is 0 Å². The molecule has 0 spiro atoms. The van der Waals surface area contributed by atoms with Gasteiger partial charge in [0.25, 0.3) is 0 Å². The first-order valence-corrected chi connectivity index (χ1v) is 10.4. The topological polar surface area (TPSA) is 121 Å². The predicted molar refractivity (Wildman–Crippen MR) is 109 cm³/mol. The molecule has 10 nitrogen and oxygen atoms in total. The van der Waals surface area contributed by atoms with E-state index >= 15 is 0 Å². The summed E-state index contributed by atoms with van der Waals surface area (Å²) in [7, 11) is 1.72. The number of hydrogen-bond donors (Lipinski definition) is 0. The molecule has 164 valence electrons. The van der Waals surface area contributed by atoms with Crippen LogP contribution < -0.4 is 9.47 Å². The van der Waals surface area contributed by atoms with E-state index in [4.69, 9.17) is 14.0 Å². The van der Waals surface area contributed by atoms with Gasteiger partial charge in [-0.15, -0.1) is 0 Å². The van der Waals surface area contributed by atoms with Gasteiger partial charge in [-0.2, -0.15) is 9.29 Å². The monoisotopic (exact) mass is 447 g/mol. The number of nitrogens with zero attached hydrogens (tertiary/aromatic N) is 3. The lowest BCUT2D eigenvalue weighted by atomic mass is 10.2. The maximum atomic E-state index is 12.9. The van der Waals surface area contributed by atoms with Crippen LogP contribution >= 0.6 is 0 Å². The molecule has 11 heteroatoms. The summed E-state index contributed by atoms with van der Waals surface area (Å²) in [5, 5.41) is 3.92. The van der Waals surface area contributed by atoms with E-state index in [-0.39, 0.29) is 28.7 Å². The summed E-state index contributed by atoms with van der Waals surface area (Å²) >= 11 is 0. The zero-order valence-corrected chi connectivity index (χ0v) is 18.2. The van der Waals surface area contributed by atoms with Crippen molar-refractivity contribution in [1.29, 1.82) is 0 Å². The predicted octanol–water partition coefficient (Wildman–Crippen LogP) is 2.36. The molecule has 3 aromatic rings. The number of carbonyl (C=O) groups is 1. The molecule has 0 aliphatic rings. The van der Waals surface area contributed by atoms with E-state index < -0.39 is 16.0 Å². The Labute approximate surface area is 179 Å². The molecule has 0 atom stereocenters. The Morgan fingerprint density at radius 1 is 1.10 bits per heavy atom. The highest BCUT2D eigenvalue weighted by Gasteiger charge is 2.25. The molecule has 0 saturated heterocycles. The smallest absolute Gasteiger partial charge is 0.337 e.